The van der Waals surface area contributed by atoms with E-state index in [1.54, 1.807) is 4.90 Å². The molecule has 1 aromatic rings. The van der Waals surface area contributed by atoms with Crippen molar-refractivity contribution in [3.05, 3.63) is 6.33 Å². The molecule has 2 amide bonds. The number of likely N-dealkylation sites (tertiary alicyclic amines) is 1. The number of piperidine rings is 1. The molecule has 1 saturated heterocycles. The summed E-state index contributed by atoms with van der Waals surface area (Å²) in [5.41, 5.74) is 0. The molecule has 0 saturated carbocycles. The highest BCUT2D eigenvalue weighted by atomic mass is 16.2. The topological polar surface area (TPSA) is 91.0 Å². The van der Waals surface area contributed by atoms with Gasteiger partial charge in [-0.3, -0.25) is 14.9 Å². The number of rotatable bonds is 1. The van der Waals surface area contributed by atoms with Crippen LogP contribution in [0.15, 0.2) is 6.33 Å². The number of aromatic nitrogens is 3. The van der Waals surface area contributed by atoms with Crippen LogP contribution < -0.4 is 5.32 Å². The van der Waals surface area contributed by atoms with Crippen LogP contribution in [0.5, 0.6) is 0 Å². The molecule has 2 rings (SSSR count). The monoisotopic (exact) mass is 237 g/mol. The Labute approximate surface area is 98.6 Å². The molecule has 0 aromatic carbocycles. The molecule has 0 aliphatic carbocycles. The Morgan fingerprint density at radius 1 is 1.53 bits per heavy atom. The number of aromatic amines is 1. The zero-order valence-electron chi connectivity index (χ0n) is 9.64. The zero-order chi connectivity index (χ0) is 12.3. The highest BCUT2D eigenvalue weighted by molar-refractivity contribution is 6.39. The summed E-state index contributed by atoms with van der Waals surface area (Å²) in [6.07, 6.45) is 4.27. The summed E-state index contributed by atoms with van der Waals surface area (Å²) >= 11 is 0. The van der Waals surface area contributed by atoms with Crippen molar-refractivity contribution in [1.29, 1.82) is 0 Å². The smallest absolute Gasteiger partial charge is 0.316 e. The molecule has 1 aliphatic rings. The Bertz CT molecular complexity index is 403. The van der Waals surface area contributed by atoms with Crippen LogP contribution in [-0.2, 0) is 9.59 Å². The van der Waals surface area contributed by atoms with Crippen molar-refractivity contribution < 1.29 is 9.59 Å². The molecule has 1 aliphatic heterocycles. The van der Waals surface area contributed by atoms with E-state index in [0.29, 0.717) is 6.54 Å². The predicted octanol–water partition coefficient (Wildman–Crippen LogP) is 0.144. The fourth-order valence-corrected chi connectivity index (χ4v) is 1.96. The maximum absolute atomic E-state index is 11.9. The van der Waals surface area contributed by atoms with Gasteiger partial charge < -0.3 is 4.90 Å². The molecule has 1 unspecified atom stereocenters. The molecule has 2 N–H and O–H groups in total. The van der Waals surface area contributed by atoms with Gasteiger partial charge in [0.15, 0.2) is 0 Å². The van der Waals surface area contributed by atoms with Gasteiger partial charge in [0.1, 0.15) is 6.33 Å². The summed E-state index contributed by atoms with van der Waals surface area (Å²) in [5.74, 6) is -0.989. The molecule has 1 fully saturated rings. The maximum Gasteiger partial charge on any atom is 0.316 e. The van der Waals surface area contributed by atoms with Crippen LogP contribution in [0.4, 0.5) is 5.95 Å². The average Bonchev–Trinajstić information content (AvgIpc) is 2.81. The van der Waals surface area contributed by atoms with E-state index in [4.69, 9.17) is 0 Å². The third-order valence-electron chi connectivity index (χ3n) is 2.91. The number of H-pyrrole nitrogens is 1. The van der Waals surface area contributed by atoms with Crippen molar-refractivity contribution in [1.82, 2.24) is 20.1 Å². The van der Waals surface area contributed by atoms with Gasteiger partial charge in [-0.1, -0.05) is 0 Å². The molecule has 0 radical (unpaired) electrons. The van der Waals surface area contributed by atoms with E-state index in [2.05, 4.69) is 20.5 Å². The van der Waals surface area contributed by atoms with Crippen LogP contribution in [0.2, 0.25) is 0 Å². The second-order valence-corrected chi connectivity index (χ2v) is 4.13. The van der Waals surface area contributed by atoms with Gasteiger partial charge in [-0.25, -0.2) is 5.10 Å². The van der Waals surface area contributed by atoms with E-state index in [-0.39, 0.29) is 12.0 Å². The van der Waals surface area contributed by atoms with Gasteiger partial charge in [-0.05, 0) is 26.2 Å². The van der Waals surface area contributed by atoms with Gasteiger partial charge in [-0.2, -0.15) is 10.1 Å². The van der Waals surface area contributed by atoms with Crippen LogP contribution in [-0.4, -0.2) is 44.5 Å². The second kappa shape index (κ2) is 4.94. The Balaban J connectivity index is 1.96. The number of anilines is 1. The third-order valence-corrected chi connectivity index (χ3v) is 2.91. The second-order valence-electron chi connectivity index (χ2n) is 4.13. The molecule has 92 valence electrons. The lowest BCUT2D eigenvalue weighted by molar-refractivity contribution is -0.145. The summed E-state index contributed by atoms with van der Waals surface area (Å²) in [6.45, 7) is 2.60. The van der Waals surface area contributed by atoms with Gasteiger partial charge in [-0.15, -0.1) is 0 Å². The summed E-state index contributed by atoms with van der Waals surface area (Å²) in [4.78, 5) is 28.9. The first-order valence-electron chi connectivity index (χ1n) is 5.66. The van der Waals surface area contributed by atoms with Crippen LogP contribution in [0.3, 0.4) is 0 Å². The Kier molecular flexibility index (Phi) is 3.36. The van der Waals surface area contributed by atoms with Crippen molar-refractivity contribution >= 4 is 17.8 Å². The number of hydrogen-bond donors (Lipinski definition) is 2. The first kappa shape index (κ1) is 11.6. The average molecular weight is 237 g/mol. The molecule has 0 bridgehead atoms. The standard InChI is InChI=1S/C10H15N5O2/c1-7-4-2-3-5-15(7)9(17)8(16)13-10-11-6-12-14-10/h6-7H,2-5H2,1H3,(H2,11,12,13,14,16). The fourth-order valence-electron chi connectivity index (χ4n) is 1.96. The van der Waals surface area contributed by atoms with Gasteiger partial charge in [0.25, 0.3) is 0 Å². The number of carbonyl (C=O) groups is 2. The van der Waals surface area contributed by atoms with E-state index in [9.17, 15) is 9.59 Å². The normalized spacial score (nSPS) is 20.1. The minimum Gasteiger partial charge on any atom is -0.332 e. The summed E-state index contributed by atoms with van der Waals surface area (Å²) in [6, 6.07) is 0.122. The van der Waals surface area contributed by atoms with E-state index >= 15 is 0 Å². The maximum atomic E-state index is 11.9. The van der Waals surface area contributed by atoms with Gasteiger partial charge in [0, 0.05) is 12.6 Å². The molecule has 7 nitrogen and oxygen atoms in total. The van der Waals surface area contributed by atoms with E-state index in [0.717, 1.165) is 19.3 Å². The molecule has 7 heteroatoms. The van der Waals surface area contributed by atoms with Crippen molar-refractivity contribution in [2.45, 2.75) is 32.2 Å². The Hall–Kier alpha value is -1.92. The lowest BCUT2D eigenvalue weighted by Crippen LogP contribution is -2.47. The summed E-state index contributed by atoms with van der Waals surface area (Å²) in [5, 5.41) is 8.44. The van der Waals surface area contributed by atoms with Crippen molar-refractivity contribution in [2.24, 2.45) is 0 Å². The summed E-state index contributed by atoms with van der Waals surface area (Å²) in [7, 11) is 0. The van der Waals surface area contributed by atoms with Crippen LogP contribution in [0, 0.1) is 0 Å². The van der Waals surface area contributed by atoms with Crippen molar-refractivity contribution in [3.63, 3.8) is 0 Å². The van der Waals surface area contributed by atoms with E-state index < -0.39 is 11.8 Å². The van der Waals surface area contributed by atoms with Crippen molar-refractivity contribution in [3.8, 4) is 0 Å². The highest BCUT2D eigenvalue weighted by Gasteiger charge is 2.28. The molecule has 1 aromatic heterocycles. The lowest BCUT2D eigenvalue weighted by Gasteiger charge is -2.32. The third kappa shape index (κ3) is 2.61. The van der Waals surface area contributed by atoms with Crippen LogP contribution in [0.25, 0.3) is 0 Å². The Morgan fingerprint density at radius 3 is 3.00 bits per heavy atom. The minimum absolute atomic E-state index is 0.122. The molecule has 17 heavy (non-hydrogen) atoms. The molecule has 1 atom stereocenters. The number of nitrogens with one attached hydrogen (secondary N) is 2. The predicted molar refractivity (Wildman–Crippen MR) is 60.0 cm³/mol. The molecule has 2 heterocycles. The van der Waals surface area contributed by atoms with Gasteiger partial charge in [0.05, 0.1) is 0 Å². The lowest BCUT2D eigenvalue weighted by atomic mass is 10.0. The first-order chi connectivity index (χ1) is 8.18. The first-order valence-corrected chi connectivity index (χ1v) is 5.66. The minimum atomic E-state index is -0.671. The number of amides is 2. The van der Waals surface area contributed by atoms with Gasteiger partial charge >= 0.3 is 11.8 Å². The van der Waals surface area contributed by atoms with Gasteiger partial charge in [0.2, 0.25) is 5.95 Å². The highest BCUT2D eigenvalue weighted by Crippen LogP contribution is 2.16. The molecular weight excluding hydrogens is 222 g/mol. The number of hydrogen-bond acceptors (Lipinski definition) is 4. The quantitative estimate of drug-likeness (QED) is 0.680. The fraction of sp³-hybridized carbons (Fsp3) is 0.600. The SMILES string of the molecule is CC1CCCCN1C(=O)C(=O)Nc1ncn[nH]1. The van der Waals surface area contributed by atoms with Crippen LogP contribution >= 0.6 is 0 Å². The van der Waals surface area contributed by atoms with E-state index in [1.807, 2.05) is 6.92 Å². The van der Waals surface area contributed by atoms with Crippen molar-refractivity contribution in [2.75, 3.05) is 11.9 Å². The largest absolute Gasteiger partial charge is 0.332 e. The summed E-state index contributed by atoms with van der Waals surface area (Å²) < 4.78 is 0. The zero-order valence-corrected chi connectivity index (χ0v) is 9.64. The molecule has 0 spiro atoms. The van der Waals surface area contributed by atoms with Crippen LogP contribution in [0.1, 0.15) is 26.2 Å². The number of carbonyl (C=O) groups excluding carboxylic acids is 2. The van der Waals surface area contributed by atoms with E-state index in [1.165, 1.54) is 6.33 Å². The Morgan fingerprint density at radius 2 is 2.35 bits per heavy atom. The number of nitrogens with zero attached hydrogens (tertiary/aromatic N) is 3. The molecular formula is C10H15N5O2.